The maximum Gasteiger partial charge on any atom is 0.296 e. The maximum absolute atomic E-state index is 13.1. The lowest BCUT2D eigenvalue weighted by Crippen LogP contribution is -2.41. The summed E-state index contributed by atoms with van der Waals surface area (Å²) in [6.07, 6.45) is 5.37. The Kier molecular flexibility index (Phi) is 5.56. The van der Waals surface area contributed by atoms with Gasteiger partial charge in [0.1, 0.15) is 28.4 Å². The van der Waals surface area contributed by atoms with E-state index in [-0.39, 0.29) is 5.78 Å². The second-order valence-electron chi connectivity index (χ2n) is 9.60. The Bertz CT molecular complexity index is 1300. The zero-order valence-electron chi connectivity index (χ0n) is 19.6. The van der Waals surface area contributed by atoms with Gasteiger partial charge in [-0.25, -0.2) is 9.97 Å². The fraction of sp³-hybridized carbons (Fsp3) is 0.423. The van der Waals surface area contributed by atoms with E-state index in [1.54, 1.807) is 25.4 Å². The van der Waals surface area contributed by atoms with E-state index in [1.807, 2.05) is 18.2 Å². The predicted octanol–water partition coefficient (Wildman–Crippen LogP) is 3.59. The summed E-state index contributed by atoms with van der Waals surface area (Å²) in [5.74, 6) is 2.55. The summed E-state index contributed by atoms with van der Waals surface area (Å²) in [6.45, 7) is 3.63. The summed E-state index contributed by atoms with van der Waals surface area (Å²) >= 11 is 0. The number of nitrogens with zero attached hydrogens (tertiary/aromatic N) is 4. The molecule has 0 aliphatic carbocycles. The zero-order chi connectivity index (χ0) is 23.9. The second-order valence-corrected chi connectivity index (χ2v) is 9.60. The maximum atomic E-state index is 13.1. The van der Waals surface area contributed by atoms with Crippen molar-refractivity contribution < 1.29 is 19.1 Å². The van der Waals surface area contributed by atoms with E-state index in [0.29, 0.717) is 39.9 Å². The third-order valence-electron chi connectivity index (χ3n) is 7.51. The molecule has 3 aromatic rings. The number of Topliss-reactive ketones (excluding diaryl/α,β-unsaturated/α-hetero) is 1. The van der Waals surface area contributed by atoms with Crippen molar-refractivity contribution in [3.05, 3.63) is 58.9 Å². The van der Waals surface area contributed by atoms with Crippen LogP contribution < -0.4 is 14.9 Å². The highest BCUT2D eigenvalue weighted by Gasteiger charge is 2.42. The van der Waals surface area contributed by atoms with Crippen LogP contribution in [0.5, 0.6) is 11.5 Å². The van der Waals surface area contributed by atoms with Crippen LogP contribution >= 0.6 is 0 Å². The molecule has 1 saturated heterocycles. The van der Waals surface area contributed by atoms with E-state index in [0.717, 1.165) is 56.0 Å². The van der Waals surface area contributed by atoms with Crippen molar-refractivity contribution in [1.29, 1.82) is 0 Å². The first-order chi connectivity index (χ1) is 17.1. The second kappa shape index (κ2) is 8.88. The third-order valence-corrected chi connectivity index (χ3v) is 7.51. The number of fused-ring (bicyclic) bond motifs is 5. The molecular weight excluding hydrogens is 446 g/mol. The largest absolute Gasteiger partial charge is 0.496 e. The predicted molar refractivity (Wildman–Crippen MR) is 130 cm³/mol. The number of likely N-dealkylation sites (tertiary alicyclic amines) is 1. The van der Waals surface area contributed by atoms with Gasteiger partial charge in [-0.15, -0.1) is 5.43 Å². The minimum atomic E-state index is -0.727. The van der Waals surface area contributed by atoms with Crippen LogP contribution in [0.15, 0.2) is 42.9 Å². The van der Waals surface area contributed by atoms with E-state index >= 15 is 0 Å². The van der Waals surface area contributed by atoms with Crippen molar-refractivity contribution in [2.75, 3.05) is 38.8 Å². The molecule has 2 aromatic carbocycles. The lowest BCUT2D eigenvalue weighted by atomic mass is 9.86. The number of aromatic nitrogens is 2. The monoisotopic (exact) mass is 474 g/mol. The number of carbonyl (C=O) groups is 1. The molecule has 1 unspecified atom stereocenters. The Morgan fingerprint density at radius 1 is 1.26 bits per heavy atom. The smallest absolute Gasteiger partial charge is 0.296 e. The Labute approximate surface area is 203 Å². The van der Waals surface area contributed by atoms with Gasteiger partial charge in [0.05, 0.1) is 29.7 Å². The molecular formula is C26H28N5O4+. The number of ketones is 1. The molecule has 4 heterocycles. The highest BCUT2D eigenvalue weighted by Crippen LogP contribution is 2.46. The van der Waals surface area contributed by atoms with Crippen LogP contribution in [0.4, 0.5) is 5.69 Å². The number of nitroso groups, excluding NO2 is 1. The van der Waals surface area contributed by atoms with Crippen molar-refractivity contribution in [2.45, 2.75) is 31.2 Å². The van der Waals surface area contributed by atoms with Gasteiger partial charge >= 0.3 is 0 Å². The van der Waals surface area contributed by atoms with Crippen molar-refractivity contribution in [2.24, 2.45) is 5.92 Å². The number of hydrogen-bond donors (Lipinski definition) is 1. The van der Waals surface area contributed by atoms with Gasteiger partial charge in [0.25, 0.3) is 6.04 Å². The molecule has 6 rings (SSSR count). The Morgan fingerprint density at radius 2 is 2.17 bits per heavy atom. The highest BCUT2D eigenvalue weighted by atomic mass is 16.5. The number of unbranched alkanes of at least 4 members (excludes halogenated alkanes) is 1. The molecule has 35 heavy (non-hydrogen) atoms. The molecule has 3 aliphatic heterocycles. The van der Waals surface area contributed by atoms with Crippen molar-refractivity contribution in [3.8, 4) is 11.5 Å². The Morgan fingerprint density at radius 3 is 3.06 bits per heavy atom. The van der Waals surface area contributed by atoms with Gasteiger partial charge in [0.2, 0.25) is 5.78 Å². The van der Waals surface area contributed by atoms with Crippen molar-refractivity contribution in [1.82, 2.24) is 14.9 Å². The van der Waals surface area contributed by atoms with E-state index in [1.165, 1.54) is 11.9 Å². The van der Waals surface area contributed by atoms with Crippen molar-refractivity contribution >= 4 is 22.4 Å². The van der Waals surface area contributed by atoms with Crippen LogP contribution in [0.1, 0.15) is 41.1 Å². The summed E-state index contributed by atoms with van der Waals surface area (Å²) in [7, 11) is 1.71. The van der Waals surface area contributed by atoms with E-state index < -0.39 is 6.04 Å². The molecule has 3 aliphatic rings. The quantitative estimate of drug-likeness (QED) is 0.428. The first-order valence-corrected chi connectivity index (χ1v) is 12.2. The van der Waals surface area contributed by atoms with Gasteiger partial charge in [-0.3, -0.25) is 4.79 Å². The minimum absolute atomic E-state index is 0.146. The van der Waals surface area contributed by atoms with Crippen LogP contribution in [0.25, 0.3) is 10.9 Å². The summed E-state index contributed by atoms with van der Waals surface area (Å²) in [4.78, 5) is 37.1. The van der Waals surface area contributed by atoms with E-state index in [2.05, 4.69) is 20.3 Å². The third kappa shape index (κ3) is 3.89. The van der Waals surface area contributed by atoms with Gasteiger partial charge < -0.3 is 14.4 Å². The SMILES string of the molecule is COc1cccc2c1[C@@H]1CN(CCCCC3C(=O)c4cc5cncnc5cc4N[N+]3=O)C[C@@H]1CO2. The van der Waals surface area contributed by atoms with Crippen LogP contribution in [-0.2, 0) is 0 Å². The number of carbonyl (C=O) groups excluding carboxylic acids is 1. The lowest BCUT2D eigenvalue weighted by molar-refractivity contribution is -0.544. The molecule has 3 atom stereocenters. The summed E-state index contributed by atoms with van der Waals surface area (Å²) in [6, 6.07) is 8.78. The van der Waals surface area contributed by atoms with Gasteiger partial charge in [0, 0.05) is 48.5 Å². The fourth-order valence-electron chi connectivity index (χ4n) is 5.76. The number of nitrogens with one attached hydrogen (secondary N) is 1. The Hall–Kier alpha value is -3.59. The molecule has 9 heteroatoms. The average Bonchev–Trinajstić information content (AvgIpc) is 3.30. The van der Waals surface area contributed by atoms with Gasteiger partial charge in [-0.05, 0) is 43.7 Å². The Balaban J connectivity index is 1.07. The average molecular weight is 475 g/mol. The summed E-state index contributed by atoms with van der Waals surface area (Å²) in [5.41, 5.74) is 5.75. The molecule has 0 bridgehead atoms. The number of hydrazine groups is 1. The molecule has 0 radical (unpaired) electrons. The molecule has 1 N–H and O–H groups in total. The highest BCUT2D eigenvalue weighted by molar-refractivity contribution is 6.07. The fourth-order valence-corrected chi connectivity index (χ4v) is 5.76. The van der Waals surface area contributed by atoms with Crippen LogP contribution in [0.3, 0.4) is 0 Å². The molecule has 0 amide bonds. The van der Waals surface area contributed by atoms with Crippen LogP contribution in [-0.4, -0.2) is 64.9 Å². The summed E-state index contributed by atoms with van der Waals surface area (Å²) < 4.78 is 11.6. The van der Waals surface area contributed by atoms with Gasteiger partial charge in [-0.2, -0.15) is 0 Å². The molecule has 0 spiro atoms. The minimum Gasteiger partial charge on any atom is -0.496 e. The van der Waals surface area contributed by atoms with Crippen LogP contribution in [0.2, 0.25) is 0 Å². The topological polar surface area (TPSA) is 96.7 Å². The molecule has 0 saturated carbocycles. The number of hydrogen-bond acceptors (Lipinski definition) is 7. The van der Waals surface area contributed by atoms with Crippen LogP contribution in [0, 0.1) is 10.8 Å². The number of ether oxygens (including phenoxy) is 2. The number of methoxy groups -OCH3 is 1. The van der Waals surface area contributed by atoms with Gasteiger partial charge in [-0.1, -0.05) is 6.07 Å². The molecule has 1 aromatic heterocycles. The zero-order valence-corrected chi connectivity index (χ0v) is 19.6. The molecule has 1 fully saturated rings. The van der Waals surface area contributed by atoms with E-state index in [9.17, 15) is 9.70 Å². The van der Waals surface area contributed by atoms with Gasteiger partial charge in [0.15, 0.2) is 0 Å². The number of benzene rings is 2. The lowest BCUT2D eigenvalue weighted by Gasteiger charge is -2.29. The molecule has 180 valence electrons. The normalized spacial score (nSPS) is 23.3. The standard InChI is InChI=1S/C26H27N5O4/c1-34-23-6-4-7-24-25(23)19-13-30(12-17(19)14-35-24)8-3-2-5-22-26(32)18-9-16-11-27-15-28-20(16)10-21(18)29-31(22)33/h4,6-7,9-11,15,17,19,22H,2-3,5,8,12-14H2,1H3/p+1/t17-,19-,22?/m1/s1. The number of anilines is 1. The van der Waals surface area contributed by atoms with E-state index in [4.69, 9.17) is 9.47 Å². The molecule has 9 nitrogen and oxygen atoms in total. The first kappa shape index (κ1) is 21.9. The number of rotatable bonds is 6. The first-order valence-electron chi connectivity index (χ1n) is 12.2. The van der Waals surface area contributed by atoms with Crippen molar-refractivity contribution in [3.63, 3.8) is 0 Å². The summed E-state index contributed by atoms with van der Waals surface area (Å²) in [5, 5.41) is 0.789.